The van der Waals surface area contributed by atoms with Gasteiger partial charge in [-0.1, -0.05) is 30.3 Å². The molecule has 0 saturated carbocycles. The first-order chi connectivity index (χ1) is 12.9. The summed E-state index contributed by atoms with van der Waals surface area (Å²) in [6.45, 7) is 1.96. The SMILES string of the molecule is CCOC(=O)c1c(-c2ccccc2)csc1NC(=O)CC1CCS(=O)(=O)C1. The molecule has 2 aromatic rings. The molecule has 0 spiro atoms. The lowest BCUT2D eigenvalue weighted by molar-refractivity contribution is -0.116. The van der Waals surface area contributed by atoms with Crippen LogP contribution in [0.1, 0.15) is 30.1 Å². The van der Waals surface area contributed by atoms with Crippen LogP contribution >= 0.6 is 11.3 Å². The van der Waals surface area contributed by atoms with E-state index in [-0.39, 0.29) is 36.4 Å². The summed E-state index contributed by atoms with van der Waals surface area (Å²) in [5.74, 6) is -0.767. The first-order valence-electron chi connectivity index (χ1n) is 8.74. The fraction of sp³-hybridized carbons (Fsp3) is 0.368. The number of carbonyl (C=O) groups excluding carboxylic acids is 2. The van der Waals surface area contributed by atoms with Gasteiger partial charge in [0.25, 0.3) is 0 Å². The molecule has 1 saturated heterocycles. The van der Waals surface area contributed by atoms with Crippen LogP contribution < -0.4 is 5.32 Å². The van der Waals surface area contributed by atoms with Crippen molar-refractivity contribution in [3.8, 4) is 11.1 Å². The van der Waals surface area contributed by atoms with Gasteiger partial charge in [0.2, 0.25) is 5.91 Å². The maximum Gasteiger partial charge on any atom is 0.341 e. The van der Waals surface area contributed by atoms with Gasteiger partial charge in [-0.2, -0.15) is 0 Å². The zero-order valence-corrected chi connectivity index (χ0v) is 16.6. The number of sulfone groups is 1. The van der Waals surface area contributed by atoms with E-state index in [9.17, 15) is 18.0 Å². The molecule has 8 heteroatoms. The molecule has 6 nitrogen and oxygen atoms in total. The number of carbonyl (C=O) groups is 2. The smallest absolute Gasteiger partial charge is 0.341 e. The van der Waals surface area contributed by atoms with Gasteiger partial charge in [0.15, 0.2) is 9.84 Å². The molecule has 144 valence electrons. The Morgan fingerprint density at radius 2 is 2.00 bits per heavy atom. The van der Waals surface area contributed by atoms with Crippen LogP contribution in [-0.2, 0) is 19.4 Å². The van der Waals surface area contributed by atoms with Crippen LogP contribution in [0, 0.1) is 5.92 Å². The molecule has 3 rings (SSSR count). The molecule has 0 radical (unpaired) electrons. The van der Waals surface area contributed by atoms with Crippen molar-refractivity contribution in [2.75, 3.05) is 23.4 Å². The van der Waals surface area contributed by atoms with Crippen LogP contribution in [-0.4, -0.2) is 38.4 Å². The van der Waals surface area contributed by atoms with Gasteiger partial charge in [-0.3, -0.25) is 4.79 Å². The van der Waals surface area contributed by atoms with E-state index in [4.69, 9.17) is 4.74 Å². The molecule has 27 heavy (non-hydrogen) atoms. The number of esters is 1. The molecule has 0 bridgehead atoms. The summed E-state index contributed by atoms with van der Waals surface area (Å²) in [5.41, 5.74) is 1.90. The summed E-state index contributed by atoms with van der Waals surface area (Å²) in [6.07, 6.45) is 0.625. The molecule has 0 aliphatic carbocycles. The van der Waals surface area contributed by atoms with Crippen LogP contribution in [0.25, 0.3) is 11.1 Å². The van der Waals surface area contributed by atoms with Crippen LogP contribution in [0.4, 0.5) is 5.00 Å². The fourth-order valence-electron chi connectivity index (χ4n) is 3.16. The number of nitrogens with one attached hydrogen (secondary N) is 1. The second-order valence-corrected chi connectivity index (χ2v) is 9.57. The Balaban J connectivity index is 1.81. The first-order valence-corrected chi connectivity index (χ1v) is 11.4. The Bertz CT molecular complexity index is 934. The predicted octanol–water partition coefficient (Wildman–Crippen LogP) is 3.36. The second-order valence-electron chi connectivity index (χ2n) is 6.46. The third kappa shape index (κ3) is 4.75. The van der Waals surface area contributed by atoms with Gasteiger partial charge in [-0.15, -0.1) is 11.3 Å². The second kappa shape index (κ2) is 8.22. The Morgan fingerprint density at radius 3 is 2.63 bits per heavy atom. The third-order valence-corrected chi connectivity index (χ3v) is 7.14. The largest absolute Gasteiger partial charge is 0.462 e. The lowest BCUT2D eigenvalue weighted by atomic mass is 10.0. The molecular formula is C19H21NO5S2. The van der Waals surface area contributed by atoms with E-state index in [2.05, 4.69) is 5.32 Å². The van der Waals surface area contributed by atoms with Crippen molar-refractivity contribution < 1.29 is 22.7 Å². The van der Waals surface area contributed by atoms with E-state index in [1.54, 1.807) is 6.92 Å². The molecule has 1 aromatic heterocycles. The highest BCUT2D eigenvalue weighted by Crippen LogP contribution is 2.36. The van der Waals surface area contributed by atoms with E-state index in [0.29, 0.717) is 22.5 Å². The number of benzene rings is 1. The highest BCUT2D eigenvalue weighted by atomic mass is 32.2. The summed E-state index contributed by atoms with van der Waals surface area (Å²) in [7, 11) is -3.03. The van der Waals surface area contributed by atoms with Crippen LogP contribution in [0.2, 0.25) is 0 Å². The van der Waals surface area contributed by atoms with E-state index in [1.807, 2.05) is 35.7 Å². The Hall–Kier alpha value is -2.19. The Labute approximate surface area is 162 Å². The minimum atomic E-state index is -3.03. The van der Waals surface area contributed by atoms with Crippen molar-refractivity contribution in [2.45, 2.75) is 19.8 Å². The summed E-state index contributed by atoms with van der Waals surface area (Å²) in [5, 5.41) is 5.02. The molecule has 1 fully saturated rings. The number of hydrogen-bond donors (Lipinski definition) is 1. The molecule has 1 aliphatic heterocycles. The van der Waals surface area contributed by atoms with Crippen molar-refractivity contribution in [1.82, 2.24) is 0 Å². The Morgan fingerprint density at radius 1 is 1.26 bits per heavy atom. The van der Waals surface area contributed by atoms with Gasteiger partial charge in [0.1, 0.15) is 10.6 Å². The van der Waals surface area contributed by atoms with E-state index >= 15 is 0 Å². The molecule has 1 amide bonds. The topological polar surface area (TPSA) is 89.5 Å². The Kier molecular flexibility index (Phi) is 5.96. The summed E-state index contributed by atoms with van der Waals surface area (Å²) < 4.78 is 28.3. The first kappa shape index (κ1) is 19.6. The lowest BCUT2D eigenvalue weighted by Crippen LogP contribution is -2.18. The van der Waals surface area contributed by atoms with Crippen LogP contribution in [0.15, 0.2) is 35.7 Å². The molecule has 1 atom stereocenters. The van der Waals surface area contributed by atoms with Gasteiger partial charge in [-0.05, 0) is 24.8 Å². The number of ether oxygens (including phenoxy) is 1. The number of amides is 1. The van der Waals surface area contributed by atoms with Gasteiger partial charge >= 0.3 is 5.97 Å². The number of hydrogen-bond acceptors (Lipinski definition) is 6. The predicted molar refractivity (Wildman–Crippen MR) is 106 cm³/mol. The van der Waals surface area contributed by atoms with Gasteiger partial charge in [0.05, 0.1) is 18.1 Å². The van der Waals surface area contributed by atoms with Gasteiger partial charge in [0, 0.05) is 17.4 Å². The zero-order chi connectivity index (χ0) is 19.4. The van der Waals surface area contributed by atoms with Crippen molar-refractivity contribution in [3.05, 3.63) is 41.3 Å². The number of thiophene rings is 1. The fourth-order valence-corrected chi connectivity index (χ4v) is 5.99. The molecule has 1 aliphatic rings. The number of anilines is 1. The zero-order valence-electron chi connectivity index (χ0n) is 14.9. The van der Waals surface area contributed by atoms with Crippen molar-refractivity contribution in [3.63, 3.8) is 0 Å². The molecule has 1 aromatic carbocycles. The van der Waals surface area contributed by atoms with Crippen LogP contribution in [0.3, 0.4) is 0 Å². The summed E-state index contributed by atoms with van der Waals surface area (Å²) in [6, 6.07) is 9.42. The van der Waals surface area contributed by atoms with E-state index < -0.39 is 15.8 Å². The minimum absolute atomic E-state index is 0.0465. The van der Waals surface area contributed by atoms with Gasteiger partial charge < -0.3 is 10.1 Å². The lowest BCUT2D eigenvalue weighted by Gasteiger charge is -2.10. The van der Waals surface area contributed by atoms with Crippen LogP contribution in [0.5, 0.6) is 0 Å². The highest BCUT2D eigenvalue weighted by Gasteiger charge is 2.30. The maximum absolute atomic E-state index is 12.5. The monoisotopic (exact) mass is 407 g/mol. The highest BCUT2D eigenvalue weighted by molar-refractivity contribution is 7.91. The van der Waals surface area contributed by atoms with Gasteiger partial charge in [-0.25, -0.2) is 13.2 Å². The third-order valence-electron chi connectivity index (χ3n) is 4.41. The minimum Gasteiger partial charge on any atom is -0.462 e. The summed E-state index contributed by atoms with van der Waals surface area (Å²) in [4.78, 5) is 24.9. The molecule has 2 heterocycles. The maximum atomic E-state index is 12.5. The normalized spacial score (nSPS) is 18.2. The van der Waals surface area contributed by atoms with Crippen molar-refractivity contribution in [1.29, 1.82) is 0 Å². The van der Waals surface area contributed by atoms with Crippen molar-refractivity contribution in [2.24, 2.45) is 5.92 Å². The van der Waals surface area contributed by atoms with Crippen molar-refractivity contribution >= 4 is 38.1 Å². The van der Waals surface area contributed by atoms with E-state index in [0.717, 1.165) is 5.56 Å². The average Bonchev–Trinajstić information content (AvgIpc) is 3.18. The molecular weight excluding hydrogens is 386 g/mol. The standard InChI is InChI=1S/C19H21NO5S2/c1-2-25-19(22)17-15(14-6-4-3-5-7-14)11-26-18(17)20-16(21)10-13-8-9-27(23,24)12-13/h3-7,11,13H,2,8-10,12H2,1H3,(H,20,21). The molecule has 1 unspecified atom stereocenters. The average molecular weight is 408 g/mol. The summed E-state index contributed by atoms with van der Waals surface area (Å²) >= 11 is 1.26. The molecule has 1 N–H and O–H groups in total. The number of rotatable bonds is 6. The quantitative estimate of drug-likeness (QED) is 0.742. The van der Waals surface area contributed by atoms with E-state index in [1.165, 1.54) is 11.3 Å².